The predicted octanol–water partition coefficient (Wildman–Crippen LogP) is 14.7. The third-order valence-electron chi connectivity index (χ3n) is 20.4. The quantitative estimate of drug-likeness (QED) is 0.246. The van der Waals surface area contributed by atoms with E-state index in [-0.39, 0.29) is 10.8 Å². The van der Waals surface area contributed by atoms with E-state index in [0.717, 1.165) is 6.42 Å². The molecule has 2 heteroatoms. The molecule has 64 heavy (non-hydrogen) atoms. The van der Waals surface area contributed by atoms with E-state index in [0.29, 0.717) is 77.4 Å². The number of hydrogen-bond acceptors (Lipinski definition) is 2. The van der Waals surface area contributed by atoms with Crippen molar-refractivity contribution >= 4 is 0 Å². The third kappa shape index (κ3) is 6.11. The molecule has 332 valence electrons. The van der Waals surface area contributed by atoms with Crippen LogP contribution < -0.4 is 0 Å². The summed E-state index contributed by atoms with van der Waals surface area (Å²) in [5, 5.41) is 0. The molecule has 0 aromatic carbocycles. The van der Waals surface area contributed by atoms with Crippen molar-refractivity contribution in [1.82, 2.24) is 9.80 Å². The van der Waals surface area contributed by atoms with Crippen LogP contribution in [0, 0.1) is 64.1 Å². The molecular weight excluding hydrogens is 773 g/mol. The van der Waals surface area contributed by atoms with E-state index < -0.39 is 0 Å². The molecule has 2 nitrogen and oxygen atoms in total. The average Bonchev–Trinajstić information content (AvgIpc) is 3.79. The molecule has 0 saturated heterocycles. The van der Waals surface area contributed by atoms with Crippen molar-refractivity contribution < 1.29 is 0 Å². The van der Waals surface area contributed by atoms with Crippen LogP contribution in [0.4, 0.5) is 0 Å². The van der Waals surface area contributed by atoms with Gasteiger partial charge >= 0.3 is 0 Å². The van der Waals surface area contributed by atoms with E-state index in [1.807, 2.05) is 0 Å². The van der Waals surface area contributed by atoms with Gasteiger partial charge in [0.1, 0.15) is 0 Å². The lowest BCUT2D eigenvalue weighted by Crippen LogP contribution is -2.56. The van der Waals surface area contributed by atoms with Crippen molar-refractivity contribution in [1.29, 1.82) is 0 Å². The molecule has 3 saturated carbocycles. The molecule has 1 spiro atoms. The molecular formula is C62H74N2. The minimum Gasteiger partial charge on any atom is -0.342 e. The molecule has 0 aromatic heterocycles. The van der Waals surface area contributed by atoms with Crippen LogP contribution in [-0.2, 0) is 0 Å². The molecule has 15 atom stereocenters. The fourth-order valence-electron chi connectivity index (χ4n) is 18.1. The van der Waals surface area contributed by atoms with Gasteiger partial charge in [0.05, 0.1) is 6.04 Å². The van der Waals surface area contributed by atoms with Gasteiger partial charge in [-0.1, -0.05) is 152 Å². The van der Waals surface area contributed by atoms with Gasteiger partial charge < -0.3 is 4.90 Å². The summed E-state index contributed by atoms with van der Waals surface area (Å²) in [5.74, 6) is 5.68. The van der Waals surface area contributed by atoms with Gasteiger partial charge in [-0.3, -0.25) is 4.90 Å². The topological polar surface area (TPSA) is 6.48 Å². The van der Waals surface area contributed by atoms with Crippen molar-refractivity contribution in [2.24, 2.45) is 64.1 Å². The SMILES string of the molecule is CC12C=CC(N(C3C=CC=CC3)C3CCCC4C=CC=CC43)CC1C1(C3C=CC=CC32)C2CCC=CC2C2C(N(C3=CC4=C(CC3)CCC3=C4C=CCC3)C3C=CCCC3)=CCCC21. The maximum atomic E-state index is 3.12. The second-order valence-electron chi connectivity index (χ2n) is 22.9. The molecule has 13 aliphatic carbocycles. The highest BCUT2D eigenvalue weighted by Crippen LogP contribution is 2.79. The van der Waals surface area contributed by atoms with Gasteiger partial charge in [-0.2, -0.15) is 0 Å². The molecule has 0 N–H and O–H groups in total. The van der Waals surface area contributed by atoms with E-state index in [1.54, 1.807) is 33.7 Å². The summed E-state index contributed by atoms with van der Waals surface area (Å²) >= 11 is 0. The van der Waals surface area contributed by atoms with Crippen LogP contribution >= 0.6 is 0 Å². The van der Waals surface area contributed by atoms with E-state index in [1.165, 1.54) is 109 Å². The summed E-state index contributed by atoms with van der Waals surface area (Å²) in [6.07, 6.45) is 79.8. The van der Waals surface area contributed by atoms with E-state index >= 15 is 0 Å². The molecule has 0 amide bonds. The first kappa shape index (κ1) is 40.4. The van der Waals surface area contributed by atoms with Crippen LogP contribution in [0.2, 0.25) is 0 Å². The Morgan fingerprint density at radius 2 is 1.41 bits per heavy atom. The normalized spacial score (nSPS) is 44.3. The van der Waals surface area contributed by atoms with E-state index in [4.69, 9.17) is 0 Å². The van der Waals surface area contributed by atoms with Crippen molar-refractivity contribution in [2.45, 2.75) is 147 Å². The van der Waals surface area contributed by atoms with Crippen LogP contribution in [0.15, 0.2) is 167 Å². The number of nitrogens with zero attached hydrogens (tertiary/aromatic N) is 2. The minimum atomic E-state index is 0.154. The smallest absolute Gasteiger partial charge is 0.0516 e. The average molecular weight is 847 g/mol. The third-order valence-corrected chi connectivity index (χ3v) is 20.4. The molecule has 0 aromatic rings. The molecule has 0 bridgehead atoms. The second-order valence-corrected chi connectivity index (χ2v) is 22.9. The summed E-state index contributed by atoms with van der Waals surface area (Å²) in [6, 6.07) is 1.98. The van der Waals surface area contributed by atoms with Crippen molar-refractivity contribution in [2.75, 3.05) is 0 Å². The van der Waals surface area contributed by atoms with Crippen molar-refractivity contribution in [3.63, 3.8) is 0 Å². The zero-order valence-corrected chi connectivity index (χ0v) is 38.8. The fourth-order valence-corrected chi connectivity index (χ4v) is 18.1. The maximum absolute atomic E-state index is 3.12. The number of hydrogen-bond donors (Lipinski definition) is 0. The highest BCUT2D eigenvalue weighted by molar-refractivity contribution is 5.58. The Labute approximate surface area is 386 Å². The summed E-state index contributed by atoms with van der Waals surface area (Å²) in [5.41, 5.74) is 10.5. The Hall–Kier alpha value is -3.88. The molecule has 0 aliphatic heterocycles. The lowest BCUT2D eigenvalue weighted by molar-refractivity contribution is -0.0311. The summed E-state index contributed by atoms with van der Waals surface area (Å²) < 4.78 is 0. The van der Waals surface area contributed by atoms with Gasteiger partial charge in [-0.25, -0.2) is 0 Å². The lowest BCUT2D eigenvalue weighted by atomic mass is 9.53. The number of allylic oxidation sites excluding steroid dienone is 23. The van der Waals surface area contributed by atoms with Crippen molar-refractivity contribution in [3.8, 4) is 0 Å². The van der Waals surface area contributed by atoms with Crippen LogP contribution in [0.3, 0.4) is 0 Å². The number of rotatable bonds is 6. The van der Waals surface area contributed by atoms with Gasteiger partial charge in [0, 0.05) is 35.4 Å². The lowest BCUT2D eigenvalue weighted by Gasteiger charge is -2.55. The van der Waals surface area contributed by atoms with Crippen LogP contribution in [-0.4, -0.2) is 34.0 Å². The Morgan fingerprint density at radius 3 is 2.30 bits per heavy atom. The molecule has 13 aliphatic rings. The van der Waals surface area contributed by atoms with Crippen LogP contribution in [0.1, 0.15) is 122 Å². The molecule has 3 fully saturated rings. The predicted molar refractivity (Wildman–Crippen MR) is 266 cm³/mol. The van der Waals surface area contributed by atoms with Gasteiger partial charge in [0.2, 0.25) is 0 Å². The summed E-state index contributed by atoms with van der Waals surface area (Å²) in [7, 11) is 0. The molecule has 0 radical (unpaired) electrons. The first-order chi connectivity index (χ1) is 31.6. The zero-order valence-electron chi connectivity index (χ0n) is 38.8. The van der Waals surface area contributed by atoms with E-state index in [9.17, 15) is 0 Å². The zero-order chi connectivity index (χ0) is 42.4. The maximum Gasteiger partial charge on any atom is 0.0516 e. The molecule has 15 unspecified atom stereocenters. The van der Waals surface area contributed by atoms with Crippen LogP contribution in [0.5, 0.6) is 0 Å². The number of fused-ring (bicyclic) bond motifs is 12. The fraction of sp³-hybridized carbons (Fsp3) is 0.548. The van der Waals surface area contributed by atoms with E-state index in [2.05, 4.69) is 150 Å². The van der Waals surface area contributed by atoms with Crippen LogP contribution in [0.25, 0.3) is 0 Å². The Balaban J connectivity index is 0.929. The Bertz CT molecular complexity index is 2340. The Kier molecular flexibility index (Phi) is 10.2. The standard InChI is InChI=1S/C62H74N2/c1-61-39-38-48(63(45-21-4-2-5-22-45)57-32-16-20-42-18-9-11-26-50(42)57)41-59(61)62(55-30-15-14-29-54(55)61)53-28-13-12-27-51(53)60-56(62)31-17-33-58(60)64(46-23-6-3-7-24-46)47-37-36-44-35-34-43-19-8-10-25-49(43)52(44)40-47/h2,4-6,9-12,14-15,18,21,23,25-27,29-30,33,38-40,42,45-46,48,50-51,53-57,59-60H,3,7-8,13,16-17,19-20,22,24,28,31-32,34-37,41H2,1H3. The minimum absolute atomic E-state index is 0.154. The molecule has 13 rings (SSSR count). The van der Waals surface area contributed by atoms with Gasteiger partial charge in [-0.15, -0.1) is 0 Å². The first-order valence-corrected chi connectivity index (χ1v) is 26.8. The highest BCUT2D eigenvalue weighted by atomic mass is 15.2. The van der Waals surface area contributed by atoms with Crippen molar-refractivity contribution in [3.05, 3.63) is 167 Å². The monoisotopic (exact) mass is 847 g/mol. The Morgan fingerprint density at radius 1 is 0.578 bits per heavy atom. The second kappa shape index (κ2) is 16.2. The van der Waals surface area contributed by atoms with Gasteiger partial charge in [0.15, 0.2) is 0 Å². The first-order valence-electron chi connectivity index (χ1n) is 26.8. The van der Waals surface area contributed by atoms with Gasteiger partial charge in [0.25, 0.3) is 0 Å². The highest BCUT2D eigenvalue weighted by Gasteiger charge is 2.74. The molecule has 0 heterocycles. The summed E-state index contributed by atoms with van der Waals surface area (Å²) in [6.45, 7) is 2.75. The largest absolute Gasteiger partial charge is 0.342 e. The summed E-state index contributed by atoms with van der Waals surface area (Å²) in [4.78, 5) is 6.16. The van der Waals surface area contributed by atoms with Gasteiger partial charge in [-0.05, 0) is 185 Å².